The molecule has 14 heavy (non-hydrogen) atoms. The number of nitrogens with zero attached hydrogens (tertiary/aromatic N) is 3. The summed E-state index contributed by atoms with van der Waals surface area (Å²) >= 11 is 0. The molecular weight excluding hydrogens is 183 g/mol. The van der Waals surface area contributed by atoms with Crippen molar-refractivity contribution in [1.82, 2.24) is 15.0 Å². The molecule has 0 aliphatic carbocycles. The molecule has 2 aromatic rings. The van der Waals surface area contributed by atoms with Crippen LogP contribution in [-0.4, -0.2) is 15.0 Å². The Morgan fingerprint density at radius 3 is 2.93 bits per heavy atom. The van der Waals surface area contributed by atoms with Crippen molar-refractivity contribution in [3.63, 3.8) is 0 Å². The zero-order valence-electron chi connectivity index (χ0n) is 7.39. The van der Waals surface area contributed by atoms with Crippen molar-refractivity contribution in [2.24, 2.45) is 5.73 Å². The summed E-state index contributed by atoms with van der Waals surface area (Å²) in [4.78, 5) is 1.35. The van der Waals surface area contributed by atoms with Gasteiger partial charge in [0, 0.05) is 12.6 Å². The molecule has 1 aromatic heterocycles. The second kappa shape index (κ2) is 3.55. The van der Waals surface area contributed by atoms with E-state index in [1.807, 2.05) is 0 Å². The highest BCUT2D eigenvalue weighted by atomic mass is 19.1. The fraction of sp³-hybridized carbons (Fsp3) is 0.111. The average molecular weight is 192 g/mol. The van der Waals surface area contributed by atoms with Gasteiger partial charge in [-0.05, 0) is 12.1 Å². The Kier molecular flexibility index (Phi) is 2.24. The molecule has 0 saturated heterocycles. The maximum atomic E-state index is 12.8. The van der Waals surface area contributed by atoms with E-state index in [1.165, 1.54) is 16.9 Å². The molecule has 0 amide bonds. The third-order valence-corrected chi connectivity index (χ3v) is 1.79. The predicted molar refractivity (Wildman–Crippen MR) is 49.2 cm³/mol. The molecule has 4 nitrogen and oxygen atoms in total. The summed E-state index contributed by atoms with van der Waals surface area (Å²) in [5.74, 6) is -0.311. The number of aromatic nitrogens is 3. The van der Waals surface area contributed by atoms with Crippen LogP contribution in [0.2, 0.25) is 0 Å². The second-order valence-electron chi connectivity index (χ2n) is 2.81. The van der Waals surface area contributed by atoms with Gasteiger partial charge in [-0.3, -0.25) is 0 Å². The molecule has 1 aromatic carbocycles. The number of hydrogen-bond donors (Lipinski definition) is 1. The first kappa shape index (κ1) is 8.83. The van der Waals surface area contributed by atoms with Crippen molar-refractivity contribution in [2.45, 2.75) is 6.54 Å². The molecule has 0 aliphatic heterocycles. The Morgan fingerprint density at radius 2 is 2.29 bits per heavy atom. The van der Waals surface area contributed by atoms with Crippen molar-refractivity contribution >= 4 is 0 Å². The number of rotatable bonds is 2. The van der Waals surface area contributed by atoms with Gasteiger partial charge in [-0.2, -0.15) is 15.0 Å². The molecule has 0 bridgehead atoms. The lowest BCUT2D eigenvalue weighted by atomic mass is 10.3. The Morgan fingerprint density at radius 1 is 1.43 bits per heavy atom. The van der Waals surface area contributed by atoms with Gasteiger partial charge in [-0.1, -0.05) is 6.07 Å². The minimum atomic E-state index is -0.311. The number of halogens is 1. The maximum absolute atomic E-state index is 12.8. The summed E-state index contributed by atoms with van der Waals surface area (Å²) in [6.07, 6.45) is 1.56. The molecule has 0 aliphatic rings. The molecule has 5 heteroatoms. The Hall–Kier alpha value is -1.75. The molecular formula is C9H9FN4. The monoisotopic (exact) mass is 192 g/mol. The van der Waals surface area contributed by atoms with Crippen LogP contribution in [0, 0.1) is 5.82 Å². The van der Waals surface area contributed by atoms with Crippen LogP contribution >= 0.6 is 0 Å². The standard InChI is InChI=1S/C9H9FN4/c10-7-2-1-3-9(4-7)14-12-6-8(5-11)13-14/h1-4,6H,5,11H2. The SMILES string of the molecule is NCc1cnn(-c2cccc(F)c2)n1. The van der Waals surface area contributed by atoms with Crippen LogP contribution in [0.4, 0.5) is 4.39 Å². The number of nitrogens with two attached hydrogens (primary N) is 1. The molecule has 2 rings (SSSR count). The van der Waals surface area contributed by atoms with E-state index in [0.29, 0.717) is 17.9 Å². The van der Waals surface area contributed by atoms with Crippen molar-refractivity contribution in [3.05, 3.63) is 42.0 Å². The highest BCUT2D eigenvalue weighted by Gasteiger charge is 2.01. The van der Waals surface area contributed by atoms with Crippen molar-refractivity contribution in [2.75, 3.05) is 0 Å². The van der Waals surface area contributed by atoms with Gasteiger partial charge in [0.15, 0.2) is 0 Å². The summed E-state index contributed by atoms with van der Waals surface area (Å²) in [5.41, 5.74) is 6.64. The largest absolute Gasteiger partial charge is 0.325 e. The van der Waals surface area contributed by atoms with Gasteiger partial charge < -0.3 is 5.73 Å². The van der Waals surface area contributed by atoms with Crippen LogP contribution in [0.3, 0.4) is 0 Å². The molecule has 2 N–H and O–H groups in total. The number of hydrogen-bond acceptors (Lipinski definition) is 3. The summed E-state index contributed by atoms with van der Waals surface area (Å²) < 4.78 is 12.8. The number of benzene rings is 1. The highest BCUT2D eigenvalue weighted by molar-refractivity contribution is 5.29. The molecule has 0 spiro atoms. The van der Waals surface area contributed by atoms with Crippen LogP contribution in [-0.2, 0) is 6.54 Å². The summed E-state index contributed by atoms with van der Waals surface area (Å²) in [6, 6.07) is 6.07. The van der Waals surface area contributed by atoms with Gasteiger partial charge in [-0.15, -0.1) is 0 Å². The lowest BCUT2D eigenvalue weighted by Crippen LogP contribution is -2.01. The maximum Gasteiger partial charge on any atom is 0.125 e. The van der Waals surface area contributed by atoms with Crippen molar-refractivity contribution in [1.29, 1.82) is 0 Å². The zero-order chi connectivity index (χ0) is 9.97. The normalized spacial score (nSPS) is 10.4. The third kappa shape index (κ3) is 1.62. The minimum absolute atomic E-state index is 0.311. The zero-order valence-corrected chi connectivity index (χ0v) is 7.39. The summed E-state index contributed by atoms with van der Waals surface area (Å²) in [6.45, 7) is 0.329. The summed E-state index contributed by atoms with van der Waals surface area (Å²) in [5, 5.41) is 8.01. The predicted octanol–water partition coefficient (Wildman–Crippen LogP) is 0.865. The van der Waals surface area contributed by atoms with E-state index in [1.54, 1.807) is 18.3 Å². The molecule has 0 radical (unpaired) electrons. The van der Waals surface area contributed by atoms with E-state index in [0.717, 1.165) is 0 Å². The van der Waals surface area contributed by atoms with E-state index in [2.05, 4.69) is 10.2 Å². The first-order chi connectivity index (χ1) is 6.79. The smallest absolute Gasteiger partial charge is 0.125 e. The van der Waals surface area contributed by atoms with Gasteiger partial charge in [-0.25, -0.2) is 4.39 Å². The fourth-order valence-corrected chi connectivity index (χ4v) is 1.11. The average Bonchev–Trinajstić information content (AvgIpc) is 2.66. The molecule has 0 atom stereocenters. The molecule has 72 valence electrons. The van der Waals surface area contributed by atoms with E-state index >= 15 is 0 Å². The first-order valence-corrected chi connectivity index (χ1v) is 4.17. The van der Waals surface area contributed by atoms with Gasteiger partial charge in [0.1, 0.15) is 5.82 Å². The van der Waals surface area contributed by atoms with Crippen LogP contribution in [0.15, 0.2) is 30.5 Å². The van der Waals surface area contributed by atoms with Crippen LogP contribution in [0.1, 0.15) is 5.69 Å². The van der Waals surface area contributed by atoms with Gasteiger partial charge in [0.2, 0.25) is 0 Å². The quantitative estimate of drug-likeness (QED) is 0.767. The fourth-order valence-electron chi connectivity index (χ4n) is 1.11. The van der Waals surface area contributed by atoms with Gasteiger partial charge in [0.05, 0.1) is 17.6 Å². The molecule has 0 saturated carbocycles. The highest BCUT2D eigenvalue weighted by Crippen LogP contribution is 2.07. The van der Waals surface area contributed by atoms with E-state index in [4.69, 9.17) is 5.73 Å². The Labute approximate surface area is 80.2 Å². The Balaban J connectivity index is 2.39. The van der Waals surface area contributed by atoms with Crippen LogP contribution in [0.25, 0.3) is 5.69 Å². The van der Waals surface area contributed by atoms with Crippen LogP contribution < -0.4 is 5.73 Å². The van der Waals surface area contributed by atoms with E-state index in [9.17, 15) is 4.39 Å². The third-order valence-electron chi connectivity index (χ3n) is 1.79. The topological polar surface area (TPSA) is 56.7 Å². The van der Waals surface area contributed by atoms with Gasteiger partial charge >= 0.3 is 0 Å². The van der Waals surface area contributed by atoms with E-state index in [-0.39, 0.29) is 5.82 Å². The lowest BCUT2D eigenvalue weighted by Gasteiger charge is -1.98. The van der Waals surface area contributed by atoms with Crippen molar-refractivity contribution < 1.29 is 4.39 Å². The van der Waals surface area contributed by atoms with Gasteiger partial charge in [0.25, 0.3) is 0 Å². The second-order valence-corrected chi connectivity index (χ2v) is 2.81. The summed E-state index contributed by atoms with van der Waals surface area (Å²) in [7, 11) is 0. The van der Waals surface area contributed by atoms with Crippen molar-refractivity contribution in [3.8, 4) is 5.69 Å². The Bertz CT molecular complexity index is 438. The molecule has 0 fully saturated rings. The van der Waals surface area contributed by atoms with E-state index < -0.39 is 0 Å². The first-order valence-electron chi connectivity index (χ1n) is 4.17. The minimum Gasteiger partial charge on any atom is -0.325 e. The van der Waals surface area contributed by atoms with Crippen LogP contribution in [0.5, 0.6) is 0 Å². The molecule has 1 heterocycles. The molecule has 0 unspecified atom stereocenters. The lowest BCUT2D eigenvalue weighted by molar-refractivity contribution is 0.622.